The first kappa shape index (κ1) is 8.93. The minimum absolute atomic E-state index is 0.0927. The molecule has 0 spiro atoms. The first-order valence-electron chi connectivity index (χ1n) is 3.45. The predicted octanol–water partition coefficient (Wildman–Crippen LogP) is 0.543. The fourth-order valence-electron chi connectivity index (χ4n) is 1.06. The summed E-state index contributed by atoms with van der Waals surface area (Å²) in [5.74, 6) is 0. The maximum absolute atomic E-state index is 12.4. The van der Waals surface area contributed by atoms with Gasteiger partial charge in [0, 0.05) is 13.1 Å². The lowest BCUT2D eigenvalue weighted by molar-refractivity contribution is 0.295. The highest BCUT2D eigenvalue weighted by Gasteiger charge is 2.24. The number of rotatable bonds is 1. The van der Waals surface area contributed by atoms with Crippen molar-refractivity contribution in [3.8, 4) is 0 Å². The van der Waals surface area contributed by atoms with Crippen LogP contribution < -0.4 is 0 Å². The first-order valence-corrected chi connectivity index (χ1v) is 5.30. The number of hydrogen-bond donors (Lipinski definition) is 0. The van der Waals surface area contributed by atoms with Crippen molar-refractivity contribution >= 4 is 10.0 Å². The third kappa shape index (κ3) is 2.41. The van der Waals surface area contributed by atoms with Crippen LogP contribution in [0, 0.1) is 6.17 Å². The van der Waals surface area contributed by atoms with Gasteiger partial charge in [-0.15, -0.1) is 0 Å². The van der Waals surface area contributed by atoms with Crippen LogP contribution in [-0.2, 0) is 10.0 Å². The normalized spacial score (nSPS) is 23.8. The summed E-state index contributed by atoms with van der Waals surface area (Å²) in [7, 11) is -3.10. The van der Waals surface area contributed by atoms with E-state index in [9.17, 15) is 12.8 Å². The Morgan fingerprint density at radius 1 is 1.36 bits per heavy atom. The van der Waals surface area contributed by atoms with Crippen molar-refractivity contribution < 1.29 is 12.8 Å². The molecule has 1 radical (unpaired) electrons. The second-order valence-corrected chi connectivity index (χ2v) is 4.66. The van der Waals surface area contributed by atoms with Gasteiger partial charge in [0.1, 0.15) is 6.17 Å². The fourth-order valence-corrected chi connectivity index (χ4v) is 1.91. The van der Waals surface area contributed by atoms with Gasteiger partial charge in [0.25, 0.3) is 0 Å². The van der Waals surface area contributed by atoms with Crippen LogP contribution >= 0.6 is 0 Å². The molecule has 5 heteroatoms. The third-order valence-electron chi connectivity index (χ3n) is 1.73. The average molecular weight is 180 g/mol. The van der Waals surface area contributed by atoms with E-state index >= 15 is 0 Å². The molecule has 0 aromatic carbocycles. The summed E-state index contributed by atoms with van der Waals surface area (Å²) < 4.78 is 35.5. The second kappa shape index (κ2) is 3.06. The quantitative estimate of drug-likeness (QED) is 0.590. The van der Waals surface area contributed by atoms with E-state index in [1.54, 1.807) is 0 Å². The van der Waals surface area contributed by atoms with Crippen LogP contribution in [0.4, 0.5) is 4.39 Å². The van der Waals surface area contributed by atoms with Gasteiger partial charge >= 0.3 is 0 Å². The van der Waals surface area contributed by atoms with Crippen molar-refractivity contribution in [3.63, 3.8) is 0 Å². The van der Waals surface area contributed by atoms with Crippen LogP contribution in [0.15, 0.2) is 0 Å². The molecule has 0 aromatic heterocycles. The fraction of sp³-hybridized carbons (Fsp3) is 0.833. The molecule has 0 N–H and O–H groups in total. The molecule has 0 atom stereocenters. The highest BCUT2D eigenvalue weighted by molar-refractivity contribution is 7.88. The second-order valence-electron chi connectivity index (χ2n) is 2.68. The van der Waals surface area contributed by atoms with E-state index in [1.807, 2.05) is 0 Å². The zero-order chi connectivity index (χ0) is 8.48. The summed E-state index contributed by atoms with van der Waals surface area (Å²) in [4.78, 5) is 0. The summed E-state index contributed by atoms with van der Waals surface area (Å²) in [6.07, 6.45) is 1.57. The van der Waals surface area contributed by atoms with Crippen molar-refractivity contribution in [3.05, 3.63) is 6.17 Å². The lowest BCUT2D eigenvalue weighted by atomic mass is 10.1. The highest BCUT2D eigenvalue weighted by atomic mass is 32.2. The molecule has 0 saturated carbocycles. The third-order valence-corrected chi connectivity index (χ3v) is 3.04. The van der Waals surface area contributed by atoms with Crippen LogP contribution in [0.3, 0.4) is 0 Å². The molecular weight excluding hydrogens is 169 g/mol. The summed E-state index contributed by atoms with van der Waals surface area (Å²) in [5.41, 5.74) is 0. The summed E-state index contributed by atoms with van der Waals surface area (Å²) >= 11 is 0. The Morgan fingerprint density at radius 2 is 1.82 bits per heavy atom. The molecule has 1 heterocycles. The molecule has 1 saturated heterocycles. The standard InChI is InChI=1S/C6H11FNO2S/c1-11(9,10)8-4-2-6(7)3-5-8/h2-5H2,1H3. The van der Waals surface area contributed by atoms with Crippen LogP contribution in [0.2, 0.25) is 0 Å². The molecule has 0 amide bonds. The van der Waals surface area contributed by atoms with E-state index in [1.165, 1.54) is 4.31 Å². The molecule has 11 heavy (non-hydrogen) atoms. The molecular formula is C6H11FNO2S. The Kier molecular flexibility index (Phi) is 2.49. The number of sulfonamides is 1. The minimum atomic E-state index is -3.10. The Bertz CT molecular complexity index is 219. The van der Waals surface area contributed by atoms with E-state index in [-0.39, 0.29) is 19.0 Å². The number of hydrogen-bond acceptors (Lipinski definition) is 2. The van der Waals surface area contributed by atoms with Crippen LogP contribution in [0.1, 0.15) is 12.8 Å². The summed E-state index contributed by atoms with van der Waals surface area (Å²) in [6, 6.07) is 0. The van der Waals surface area contributed by atoms with Gasteiger partial charge in [0.15, 0.2) is 0 Å². The number of halogens is 1. The highest BCUT2D eigenvalue weighted by Crippen LogP contribution is 2.21. The van der Waals surface area contributed by atoms with Gasteiger partial charge in [-0.1, -0.05) is 0 Å². The SMILES string of the molecule is CS(=O)(=O)N1CC[C](F)CC1. The van der Waals surface area contributed by atoms with Gasteiger partial charge < -0.3 is 0 Å². The average Bonchev–Trinajstić information content (AvgIpc) is 1.86. The molecule has 0 aromatic rings. The molecule has 0 unspecified atom stereocenters. The summed E-state index contributed by atoms with van der Waals surface area (Å²) in [6.45, 7) is 0.593. The van der Waals surface area contributed by atoms with Gasteiger partial charge in [-0.25, -0.2) is 17.1 Å². The molecule has 1 aliphatic rings. The maximum Gasteiger partial charge on any atom is 0.211 e. The van der Waals surface area contributed by atoms with Gasteiger partial charge in [0.2, 0.25) is 10.0 Å². The van der Waals surface area contributed by atoms with Gasteiger partial charge in [0.05, 0.1) is 6.26 Å². The van der Waals surface area contributed by atoms with Crippen molar-refractivity contribution in [2.24, 2.45) is 0 Å². The van der Waals surface area contributed by atoms with Crippen LogP contribution in [-0.4, -0.2) is 32.1 Å². The van der Waals surface area contributed by atoms with E-state index in [0.717, 1.165) is 6.26 Å². The monoisotopic (exact) mass is 180 g/mol. The lowest BCUT2D eigenvalue weighted by Gasteiger charge is -2.25. The van der Waals surface area contributed by atoms with Crippen molar-refractivity contribution in [2.75, 3.05) is 19.3 Å². The largest absolute Gasteiger partial charge is 0.240 e. The zero-order valence-electron chi connectivity index (χ0n) is 6.38. The molecule has 1 rings (SSSR count). The van der Waals surface area contributed by atoms with E-state index in [0.29, 0.717) is 13.1 Å². The Balaban J connectivity index is 2.53. The minimum Gasteiger partial charge on any atom is -0.240 e. The number of nitrogens with zero attached hydrogens (tertiary/aromatic N) is 1. The van der Waals surface area contributed by atoms with Crippen molar-refractivity contribution in [1.29, 1.82) is 0 Å². The van der Waals surface area contributed by atoms with Gasteiger partial charge in [-0.3, -0.25) is 0 Å². The Labute approximate surface area is 66.2 Å². The predicted molar refractivity (Wildman–Crippen MR) is 40.0 cm³/mol. The molecule has 1 fully saturated rings. The van der Waals surface area contributed by atoms with Crippen molar-refractivity contribution in [2.45, 2.75) is 12.8 Å². The first-order chi connectivity index (χ1) is 5.00. The molecule has 3 nitrogen and oxygen atoms in total. The smallest absolute Gasteiger partial charge is 0.211 e. The van der Waals surface area contributed by atoms with E-state index in [2.05, 4.69) is 0 Å². The molecule has 65 valence electrons. The van der Waals surface area contributed by atoms with Crippen LogP contribution in [0.25, 0.3) is 0 Å². The number of piperidine rings is 1. The van der Waals surface area contributed by atoms with Crippen LogP contribution in [0.5, 0.6) is 0 Å². The maximum atomic E-state index is 12.4. The Morgan fingerprint density at radius 3 is 2.18 bits per heavy atom. The van der Waals surface area contributed by atoms with Gasteiger partial charge in [-0.2, -0.15) is 0 Å². The van der Waals surface area contributed by atoms with E-state index in [4.69, 9.17) is 0 Å². The Hall–Kier alpha value is -0.160. The zero-order valence-corrected chi connectivity index (χ0v) is 7.19. The molecule has 0 bridgehead atoms. The summed E-state index contributed by atoms with van der Waals surface area (Å²) in [5, 5.41) is 0. The van der Waals surface area contributed by atoms with Gasteiger partial charge in [-0.05, 0) is 12.8 Å². The molecule has 0 aliphatic carbocycles. The van der Waals surface area contributed by atoms with Crippen molar-refractivity contribution in [1.82, 2.24) is 4.31 Å². The topological polar surface area (TPSA) is 37.4 Å². The lowest BCUT2D eigenvalue weighted by Crippen LogP contribution is -2.36. The molecule has 1 aliphatic heterocycles. The van der Waals surface area contributed by atoms with E-state index < -0.39 is 10.0 Å².